The second kappa shape index (κ2) is 5.95. The van der Waals surface area contributed by atoms with Gasteiger partial charge in [-0.2, -0.15) is 5.10 Å². The first-order chi connectivity index (χ1) is 10.2. The molecule has 0 aromatic carbocycles. The first-order valence-electron chi connectivity index (χ1n) is 7.48. The minimum Gasteiger partial charge on any atom is -0.395 e. The van der Waals surface area contributed by atoms with Crippen molar-refractivity contribution >= 4 is 16.9 Å². The van der Waals surface area contributed by atoms with Crippen LogP contribution in [0.15, 0.2) is 6.20 Å². The van der Waals surface area contributed by atoms with E-state index >= 15 is 0 Å². The number of anilines is 1. The van der Waals surface area contributed by atoms with Gasteiger partial charge >= 0.3 is 0 Å². The van der Waals surface area contributed by atoms with Crippen molar-refractivity contribution in [1.82, 2.24) is 24.6 Å². The fraction of sp³-hybridized carbons (Fsp3) is 0.643. The van der Waals surface area contributed by atoms with Crippen LogP contribution >= 0.6 is 0 Å². The molecule has 0 aliphatic carbocycles. The number of nitrogens with two attached hydrogens (primary N) is 1. The third kappa shape index (κ3) is 2.84. The van der Waals surface area contributed by atoms with Crippen molar-refractivity contribution in [1.29, 1.82) is 0 Å². The summed E-state index contributed by atoms with van der Waals surface area (Å²) < 4.78 is 1.71. The molecule has 7 heteroatoms. The lowest BCUT2D eigenvalue weighted by Crippen LogP contribution is -2.37. The van der Waals surface area contributed by atoms with Crippen molar-refractivity contribution in [3.63, 3.8) is 0 Å². The van der Waals surface area contributed by atoms with Crippen LogP contribution < -0.4 is 5.73 Å². The smallest absolute Gasteiger partial charge is 0.163 e. The van der Waals surface area contributed by atoms with Crippen LogP contribution in [0, 0.1) is 0 Å². The van der Waals surface area contributed by atoms with Gasteiger partial charge in [-0.1, -0.05) is 12.8 Å². The van der Waals surface area contributed by atoms with Crippen LogP contribution in [0.4, 0.5) is 5.82 Å². The standard InChI is InChI=1S/C14H22N6O/c1-19-14-11(7-16-19)13(15)17-12(18-14)8-20-6-4-2-3-5-10(20)9-21/h7,10,21H,2-6,8-9H2,1H3,(H2,15,17,18). The highest BCUT2D eigenvalue weighted by Crippen LogP contribution is 2.20. The molecule has 1 atom stereocenters. The van der Waals surface area contributed by atoms with Gasteiger partial charge in [0.25, 0.3) is 0 Å². The lowest BCUT2D eigenvalue weighted by Gasteiger charge is -2.27. The summed E-state index contributed by atoms with van der Waals surface area (Å²) in [6.07, 6.45) is 6.26. The normalized spacial score (nSPS) is 20.8. The first-order valence-corrected chi connectivity index (χ1v) is 7.48. The van der Waals surface area contributed by atoms with Crippen LogP contribution in [0.3, 0.4) is 0 Å². The maximum absolute atomic E-state index is 9.58. The molecule has 1 aliphatic rings. The van der Waals surface area contributed by atoms with Gasteiger partial charge in [-0.15, -0.1) is 0 Å². The number of hydrogen-bond donors (Lipinski definition) is 2. The molecule has 7 nitrogen and oxygen atoms in total. The Balaban J connectivity index is 1.87. The maximum Gasteiger partial charge on any atom is 0.163 e. The first kappa shape index (κ1) is 14.2. The Labute approximate surface area is 123 Å². The van der Waals surface area contributed by atoms with Gasteiger partial charge < -0.3 is 10.8 Å². The fourth-order valence-electron chi connectivity index (χ4n) is 2.99. The van der Waals surface area contributed by atoms with Gasteiger partial charge in [-0.05, 0) is 19.4 Å². The van der Waals surface area contributed by atoms with Gasteiger partial charge in [-0.3, -0.25) is 9.58 Å². The SMILES string of the molecule is Cn1ncc2c(N)nc(CN3CCCCCC3CO)nc21. The van der Waals surface area contributed by atoms with E-state index in [2.05, 4.69) is 20.0 Å². The molecule has 1 aliphatic heterocycles. The van der Waals surface area contributed by atoms with E-state index in [0.29, 0.717) is 18.2 Å². The minimum absolute atomic E-state index is 0.184. The van der Waals surface area contributed by atoms with Gasteiger partial charge in [0.2, 0.25) is 0 Å². The summed E-state index contributed by atoms with van der Waals surface area (Å²) in [6.45, 7) is 1.78. The molecule has 0 bridgehead atoms. The summed E-state index contributed by atoms with van der Waals surface area (Å²) in [5.41, 5.74) is 6.76. The number of hydrogen-bond acceptors (Lipinski definition) is 6. The Kier molecular flexibility index (Phi) is 4.03. The molecule has 2 aromatic rings. The number of nitrogens with zero attached hydrogens (tertiary/aromatic N) is 5. The minimum atomic E-state index is 0.184. The van der Waals surface area contributed by atoms with E-state index in [1.54, 1.807) is 10.9 Å². The molecular weight excluding hydrogens is 268 g/mol. The van der Waals surface area contributed by atoms with E-state index in [1.165, 1.54) is 12.8 Å². The number of aryl methyl sites for hydroxylation is 1. The highest BCUT2D eigenvalue weighted by Gasteiger charge is 2.22. The molecule has 0 amide bonds. The molecular formula is C14H22N6O. The summed E-state index contributed by atoms with van der Waals surface area (Å²) in [7, 11) is 1.85. The van der Waals surface area contributed by atoms with Crippen LogP contribution in [0.5, 0.6) is 0 Å². The number of likely N-dealkylation sites (tertiary alicyclic amines) is 1. The summed E-state index contributed by atoms with van der Waals surface area (Å²) in [6, 6.07) is 0.194. The van der Waals surface area contributed by atoms with Crippen LogP contribution in [0.2, 0.25) is 0 Å². The Morgan fingerprint density at radius 3 is 3.00 bits per heavy atom. The second-order valence-electron chi connectivity index (χ2n) is 5.69. The fourth-order valence-corrected chi connectivity index (χ4v) is 2.99. The molecule has 3 N–H and O–H groups in total. The van der Waals surface area contributed by atoms with Crippen LogP contribution in [-0.2, 0) is 13.6 Å². The van der Waals surface area contributed by atoms with E-state index in [1.807, 2.05) is 7.05 Å². The molecule has 3 heterocycles. The van der Waals surface area contributed by atoms with E-state index in [9.17, 15) is 5.11 Å². The molecule has 114 valence electrons. The molecule has 21 heavy (non-hydrogen) atoms. The Bertz CT molecular complexity index is 625. The molecule has 0 radical (unpaired) electrons. The monoisotopic (exact) mass is 290 g/mol. The van der Waals surface area contributed by atoms with Gasteiger partial charge in [-0.25, -0.2) is 9.97 Å². The van der Waals surface area contributed by atoms with Crippen molar-refractivity contribution in [3.05, 3.63) is 12.0 Å². The van der Waals surface area contributed by atoms with Crippen molar-refractivity contribution < 1.29 is 5.11 Å². The van der Waals surface area contributed by atoms with Gasteiger partial charge in [0.15, 0.2) is 5.65 Å². The number of aliphatic hydroxyl groups is 1. The van der Waals surface area contributed by atoms with Crippen molar-refractivity contribution in [2.75, 3.05) is 18.9 Å². The lowest BCUT2D eigenvalue weighted by molar-refractivity contribution is 0.116. The number of nitrogen functional groups attached to an aromatic ring is 1. The number of rotatable bonds is 3. The summed E-state index contributed by atoms with van der Waals surface area (Å²) in [5.74, 6) is 1.17. The molecule has 3 rings (SSSR count). The quantitative estimate of drug-likeness (QED) is 0.863. The maximum atomic E-state index is 9.58. The summed E-state index contributed by atoms with van der Waals surface area (Å²) >= 11 is 0. The average Bonchev–Trinajstić information content (AvgIpc) is 2.71. The second-order valence-corrected chi connectivity index (χ2v) is 5.69. The summed E-state index contributed by atoms with van der Waals surface area (Å²) in [5, 5.41) is 14.5. The van der Waals surface area contributed by atoms with E-state index in [4.69, 9.17) is 5.73 Å². The van der Waals surface area contributed by atoms with Crippen molar-refractivity contribution in [3.8, 4) is 0 Å². The number of aromatic nitrogens is 4. The third-order valence-electron chi connectivity index (χ3n) is 4.22. The Morgan fingerprint density at radius 1 is 1.33 bits per heavy atom. The highest BCUT2D eigenvalue weighted by atomic mass is 16.3. The average molecular weight is 290 g/mol. The predicted molar refractivity (Wildman–Crippen MR) is 80.5 cm³/mol. The van der Waals surface area contributed by atoms with Crippen LogP contribution in [0.1, 0.15) is 31.5 Å². The zero-order valence-corrected chi connectivity index (χ0v) is 12.4. The van der Waals surface area contributed by atoms with E-state index < -0.39 is 0 Å². The van der Waals surface area contributed by atoms with Crippen LogP contribution in [0.25, 0.3) is 11.0 Å². The molecule has 0 saturated carbocycles. The van der Waals surface area contributed by atoms with Gasteiger partial charge in [0.05, 0.1) is 24.7 Å². The molecule has 1 fully saturated rings. The van der Waals surface area contributed by atoms with Crippen molar-refractivity contribution in [2.24, 2.45) is 7.05 Å². The lowest BCUT2D eigenvalue weighted by atomic mass is 10.1. The van der Waals surface area contributed by atoms with Crippen molar-refractivity contribution in [2.45, 2.75) is 38.3 Å². The topological polar surface area (TPSA) is 93.1 Å². The largest absolute Gasteiger partial charge is 0.395 e. The Morgan fingerprint density at radius 2 is 2.19 bits per heavy atom. The summed E-state index contributed by atoms with van der Waals surface area (Å²) in [4.78, 5) is 11.2. The van der Waals surface area contributed by atoms with E-state index in [-0.39, 0.29) is 12.6 Å². The van der Waals surface area contributed by atoms with Crippen LogP contribution in [-0.4, -0.2) is 48.9 Å². The molecule has 2 aromatic heterocycles. The van der Waals surface area contributed by atoms with E-state index in [0.717, 1.165) is 30.4 Å². The Hall–Kier alpha value is -1.73. The third-order valence-corrected chi connectivity index (χ3v) is 4.22. The molecule has 1 saturated heterocycles. The highest BCUT2D eigenvalue weighted by molar-refractivity contribution is 5.84. The predicted octanol–water partition coefficient (Wildman–Crippen LogP) is 0.682. The zero-order chi connectivity index (χ0) is 14.8. The molecule has 0 spiro atoms. The van der Waals surface area contributed by atoms with Gasteiger partial charge in [0, 0.05) is 13.1 Å². The molecule has 1 unspecified atom stereocenters. The number of aliphatic hydroxyl groups excluding tert-OH is 1. The zero-order valence-electron chi connectivity index (χ0n) is 12.4. The van der Waals surface area contributed by atoms with Gasteiger partial charge in [0.1, 0.15) is 11.6 Å². The number of fused-ring (bicyclic) bond motifs is 1.